The van der Waals surface area contributed by atoms with Gasteiger partial charge in [-0.15, -0.1) is 0 Å². The van der Waals surface area contributed by atoms with Crippen LogP contribution < -0.4 is 4.72 Å². The first-order chi connectivity index (χ1) is 9.47. The minimum absolute atomic E-state index is 0.0611. The van der Waals surface area contributed by atoms with Crippen LogP contribution in [0.15, 0.2) is 29.2 Å². The molecule has 0 atom stereocenters. The highest BCUT2D eigenvalue weighted by Gasteiger charge is 2.33. The monoisotopic (exact) mass is 319 g/mol. The zero-order chi connectivity index (χ0) is 14.6. The molecule has 0 spiro atoms. The second-order valence-corrected chi connectivity index (χ2v) is 7.26. The summed E-state index contributed by atoms with van der Waals surface area (Å²) in [5.41, 5.74) is -0.441. The quantitative estimate of drug-likeness (QED) is 0.860. The van der Waals surface area contributed by atoms with Crippen LogP contribution in [0.4, 0.5) is 0 Å². The molecule has 0 radical (unpaired) electrons. The maximum atomic E-state index is 12.2. The molecule has 0 saturated carbocycles. The highest BCUT2D eigenvalue weighted by molar-refractivity contribution is 7.89. The fourth-order valence-corrected chi connectivity index (χ4v) is 3.62. The lowest BCUT2D eigenvalue weighted by molar-refractivity contribution is -0.0126. The number of sulfonamides is 1. The van der Waals surface area contributed by atoms with E-state index in [9.17, 15) is 13.5 Å². The van der Waals surface area contributed by atoms with Crippen LogP contribution in [0.1, 0.15) is 12.8 Å². The van der Waals surface area contributed by atoms with Gasteiger partial charge in [-0.2, -0.15) is 0 Å². The molecule has 112 valence electrons. The molecule has 1 aromatic rings. The Bertz CT molecular complexity index is 555. The molecule has 1 aromatic carbocycles. The third kappa shape index (κ3) is 3.71. The average Bonchev–Trinajstić information content (AvgIpc) is 2.46. The standard InChI is InChI=1S/C13H18ClNO4S/c14-11-2-1-3-12(8-11)20(17,18)15-9-13(10-16)4-6-19-7-5-13/h1-3,8,15-16H,4-7,9-10H2. The van der Waals surface area contributed by atoms with E-state index >= 15 is 0 Å². The predicted molar refractivity (Wildman–Crippen MR) is 76.2 cm³/mol. The Morgan fingerprint density at radius 2 is 2.05 bits per heavy atom. The fraction of sp³-hybridized carbons (Fsp3) is 0.538. The van der Waals surface area contributed by atoms with Gasteiger partial charge in [0.2, 0.25) is 10.0 Å². The first kappa shape index (κ1) is 15.7. The molecule has 0 aromatic heterocycles. The van der Waals surface area contributed by atoms with Gasteiger partial charge in [0.1, 0.15) is 0 Å². The Hall–Kier alpha value is -0.660. The number of rotatable bonds is 5. The molecule has 1 fully saturated rings. The van der Waals surface area contributed by atoms with E-state index < -0.39 is 15.4 Å². The zero-order valence-corrected chi connectivity index (χ0v) is 12.6. The lowest BCUT2D eigenvalue weighted by atomic mass is 9.81. The molecule has 1 heterocycles. The molecule has 1 aliphatic rings. The van der Waals surface area contributed by atoms with Gasteiger partial charge in [0, 0.05) is 30.2 Å². The summed E-state index contributed by atoms with van der Waals surface area (Å²) in [5, 5.41) is 9.91. The molecule has 7 heteroatoms. The van der Waals surface area contributed by atoms with Crippen molar-refractivity contribution in [1.29, 1.82) is 0 Å². The normalized spacial score (nSPS) is 18.9. The minimum Gasteiger partial charge on any atom is -0.396 e. The first-order valence-electron chi connectivity index (χ1n) is 6.41. The molecule has 5 nitrogen and oxygen atoms in total. The highest BCUT2D eigenvalue weighted by atomic mass is 35.5. The Labute approximate surface area is 124 Å². The van der Waals surface area contributed by atoms with Gasteiger partial charge in [-0.3, -0.25) is 0 Å². The molecule has 2 rings (SSSR count). The van der Waals surface area contributed by atoms with Crippen molar-refractivity contribution in [3.63, 3.8) is 0 Å². The molecule has 0 bridgehead atoms. The van der Waals surface area contributed by atoms with E-state index in [1.807, 2.05) is 0 Å². The number of aliphatic hydroxyl groups excluding tert-OH is 1. The summed E-state index contributed by atoms with van der Waals surface area (Å²) in [5.74, 6) is 0. The lowest BCUT2D eigenvalue weighted by Gasteiger charge is -2.35. The van der Waals surface area contributed by atoms with Crippen molar-refractivity contribution in [2.24, 2.45) is 5.41 Å². The lowest BCUT2D eigenvalue weighted by Crippen LogP contribution is -2.43. The van der Waals surface area contributed by atoms with Crippen LogP contribution in [-0.4, -0.2) is 39.9 Å². The molecule has 20 heavy (non-hydrogen) atoms. The molecular formula is C13H18ClNO4S. The first-order valence-corrected chi connectivity index (χ1v) is 8.27. The van der Waals surface area contributed by atoms with Crippen molar-refractivity contribution >= 4 is 21.6 Å². The van der Waals surface area contributed by atoms with Gasteiger partial charge in [-0.1, -0.05) is 17.7 Å². The summed E-state index contributed by atoms with van der Waals surface area (Å²) in [6, 6.07) is 6.10. The van der Waals surface area contributed by atoms with E-state index in [0.717, 1.165) is 0 Å². The van der Waals surface area contributed by atoms with Crippen LogP contribution in [0.2, 0.25) is 5.02 Å². The van der Waals surface area contributed by atoms with Gasteiger partial charge in [0.25, 0.3) is 0 Å². The van der Waals surface area contributed by atoms with Crippen LogP contribution in [0.25, 0.3) is 0 Å². The molecule has 0 amide bonds. The second-order valence-electron chi connectivity index (χ2n) is 5.05. The molecule has 1 saturated heterocycles. The van der Waals surface area contributed by atoms with E-state index in [4.69, 9.17) is 16.3 Å². The smallest absolute Gasteiger partial charge is 0.240 e. The van der Waals surface area contributed by atoms with Crippen LogP contribution >= 0.6 is 11.6 Å². The predicted octanol–water partition coefficient (Wildman–Crippen LogP) is 1.41. The Balaban J connectivity index is 2.08. The van der Waals surface area contributed by atoms with Gasteiger partial charge in [0.15, 0.2) is 0 Å². The van der Waals surface area contributed by atoms with E-state index in [1.165, 1.54) is 12.1 Å². The highest BCUT2D eigenvalue weighted by Crippen LogP contribution is 2.29. The topological polar surface area (TPSA) is 75.6 Å². The van der Waals surface area contributed by atoms with Crippen LogP contribution in [-0.2, 0) is 14.8 Å². The van der Waals surface area contributed by atoms with Crippen molar-refractivity contribution in [3.8, 4) is 0 Å². The number of ether oxygens (including phenoxy) is 1. The number of hydrogen-bond donors (Lipinski definition) is 2. The second kappa shape index (κ2) is 6.41. The van der Waals surface area contributed by atoms with Crippen molar-refractivity contribution in [3.05, 3.63) is 29.3 Å². The zero-order valence-electron chi connectivity index (χ0n) is 11.0. The molecule has 0 aliphatic carbocycles. The summed E-state index contributed by atoms with van der Waals surface area (Å²) in [6.07, 6.45) is 1.28. The summed E-state index contributed by atoms with van der Waals surface area (Å²) in [6.45, 7) is 1.22. The third-order valence-corrected chi connectivity index (χ3v) is 5.27. The van der Waals surface area contributed by atoms with Gasteiger partial charge in [0.05, 0.1) is 11.5 Å². The number of aliphatic hydroxyl groups is 1. The van der Waals surface area contributed by atoms with Gasteiger partial charge < -0.3 is 9.84 Å². The summed E-state index contributed by atoms with van der Waals surface area (Å²) < 4.78 is 32.2. The van der Waals surface area contributed by atoms with Crippen LogP contribution in [0.3, 0.4) is 0 Å². The average molecular weight is 320 g/mol. The molecular weight excluding hydrogens is 302 g/mol. The van der Waals surface area contributed by atoms with Crippen molar-refractivity contribution in [2.45, 2.75) is 17.7 Å². The Morgan fingerprint density at radius 3 is 2.65 bits per heavy atom. The Kier molecular flexibility index (Phi) is 5.04. The van der Waals surface area contributed by atoms with Crippen molar-refractivity contribution in [2.75, 3.05) is 26.4 Å². The van der Waals surface area contributed by atoms with E-state index in [-0.39, 0.29) is 18.0 Å². The maximum absolute atomic E-state index is 12.2. The van der Waals surface area contributed by atoms with Gasteiger partial charge in [-0.05, 0) is 31.0 Å². The van der Waals surface area contributed by atoms with E-state index in [0.29, 0.717) is 31.1 Å². The SMILES string of the molecule is O=S(=O)(NCC1(CO)CCOCC1)c1cccc(Cl)c1. The number of halogens is 1. The summed E-state index contributed by atoms with van der Waals surface area (Å²) >= 11 is 5.81. The molecule has 1 aliphatic heterocycles. The molecule has 2 N–H and O–H groups in total. The minimum atomic E-state index is -3.62. The molecule has 0 unspecified atom stereocenters. The van der Waals surface area contributed by atoms with Crippen LogP contribution in [0, 0.1) is 5.41 Å². The van der Waals surface area contributed by atoms with E-state index in [2.05, 4.69) is 4.72 Å². The fourth-order valence-electron chi connectivity index (χ4n) is 2.16. The van der Waals surface area contributed by atoms with Gasteiger partial charge in [-0.25, -0.2) is 13.1 Å². The van der Waals surface area contributed by atoms with Crippen molar-refractivity contribution < 1.29 is 18.3 Å². The van der Waals surface area contributed by atoms with Gasteiger partial charge >= 0.3 is 0 Å². The number of benzene rings is 1. The Morgan fingerprint density at radius 1 is 1.35 bits per heavy atom. The maximum Gasteiger partial charge on any atom is 0.240 e. The largest absolute Gasteiger partial charge is 0.396 e. The summed E-state index contributed by atoms with van der Waals surface area (Å²) in [7, 11) is -3.62. The van der Waals surface area contributed by atoms with E-state index in [1.54, 1.807) is 12.1 Å². The third-order valence-electron chi connectivity index (χ3n) is 3.63. The number of hydrogen-bond acceptors (Lipinski definition) is 4. The van der Waals surface area contributed by atoms with Crippen LogP contribution in [0.5, 0.6) is 0 Å². The van der Waals surface area contributed by atoms with Crippen molar-refractivity contribution in [1.82, 2.24) is 4.72 Å². The number of nitrogens with one attached hydrogen (secondary N) is 1. The summed E-state index contributed by atoms with van der Waals surface area (Å²) in [4.78, 5) is 0.130.